The average molecular weight is 541 g/mol. The minimum Gasteiger partial charge on any atom is -0.493 e. The molecule has 0 radical (unpaired) electrons. The summed E-state index contributed by atoms with van der Waals surface area (Å²) in [6.45, 7) is 6.70. The van der Waals surface area contributed by atoms with Crippen LogP contribution in [0.5, 0.6) is 11.5 Å². The van der Waals surface area contributed by atoms with Crippen LogP contribution in [0, 0.1) is 0 Å². The Kier molecular flexibility index (Phi) is 6.72. The average Bonchev–Trinajstić information content (AvgIpc) is 3.31. The van der Waals surface area contributed by atoms with E-state index in [-0.39, 0.29) is 5.75 Å². The summed E-state index contributed by atoms with van der Waals surface area (Å²) in [5, 5.41) is 8.86. The summed E-state index contributed by atoms with van der Waals surface area (Å²) >= 11 is 0. The van der Waals surface area contributed by atoms with E-state index in [1.54, 1.807) is 63.4 Å². The summed E-state index contributed by atoms with van der Waals surface area (Å²) in [6, 6.07) is 16.0. The number of anilines is 3. The number of nitrogens with two attached hydrogens (primary N) is 1. The van der Waals surface area contributed by atoms with E-state index < -0.39 is 17.7 Å². The van der Waals surface area contributed by atoms with Crippen molar-refractivity contribution in [2.45, 2.75) is 33.3 Å². The molecular formula is C29H28N6O5. The molecule has 0 fully saturated rings. The number of fused-ring (bicyclic) bond motifs is 2. The first-order valence-corrected chi connectivity index (χ1v) is 12.4. The second kappa shape index (κ2) is 10.2. The van der Waals surface area contributed by atoms with Gasteiger partial charge in [-0.05, 0) is 57.2 Å². The number of ether oxygens (including phenoxy) is 3. The highest BCUT2D eigenvalue weighted by atomic mass is 16.6. The van der Waals surface area contributed by atoms with Crippen molar-refractivity contribution < 1.29 is 23.8 Å². The Morgan fingerprint density at radius 2 is 1.80 bits per heavy atom. The van der Waals surface area contributed by atoms with E-state index in [4.69, 9.17) is 29.9 Å². The van der Waals surface area contributed by atoms with Crippen LogP contribution in [0.2, 0.25) is 0 Å². The molecule has 0 spiro atoms. The normalized spacial score (nSPS) is 11.4. The van der Waals surface area contributed by atoms with Crippen LogP contribution in [0.1, 0.15) is 27.7 Å². The monoisotopic (exact) mass is 540 g/mol. The molecule has 204 valence electrons. The highest BCUT2D eigenvalue weighted by Gasteiger charge is 2.21. The molecule has 5 aromatic rings. The van der Waals surface area contributed by atoms with Gasteiger partial charge in [-0.15, -0.1) is 0 Å². The summed E-state index contributed by atoms with van der Waals surface area (Å²) < 4.78 is 17.5. The van der Waals surface area contributed by atoms with E-state index in [2.05, 4.69) is 10.4 Å². The van der Waals surface area contributed by atoms with E-state index >= 15 is 0 Å². The van der Waals surface area contributed by atoms with Gasteiger partial charge in [-0.1, -0.05) is 12.1 Å². The van der Waals surface area contributed by atoms with Gasteiger partial charge in [0.1, 0.15) is 11.4 Å². The van der Waals surface area contributed by atoms with Crippen LogP contribution in [0.25, 0.3) is 33.2 Å². The van der Waals surface area contributed by atoms with E-state index in [1.807, 2.05) is 18.2 Å². The summed E-state index contributed by atoms with van der Waals surface area (Å²) in [5.41, 5.74) is 8.49. The number of carbonyl (C=O) groups is 2. The third kappa shape index (κ3) is 5.48. The first-order chi connectivity index (χ1) is 19.0. The predicted octanol–water partition coefficient (Wildman–Crippen LogP) is 5.69. The maximum absolute atomic E-state index is 12.6. The second-order valence-corrected chi connectivity index (χ2v) is 10.1. The SMILES string of the molecule is COc1cc2nc(-c3cccc(N)c3)nc(Nc3ccc4c(cnn4C(=O)OC(C)(C)C)c3)c2cc1OC(C)=O. The third-order valence-electron chi connectivity index (χ3n) is 5.78. The molecular weight excluding hydrogens is 512 g/mol. The van der Waals surface area contributed by atoms with Crippen molar-refractivity contribution in [2.75, 3.05) is 18.2 Å². The lowest BCUT2D eigenvalue weighted by atomic mass is 10.1. The van der Waals surface area contributed by atoms with E-state index in [0.717, 1.165) is 5.56 Å². The Hall–Kier alpha value is -5.19. The van der Waals surface area contributed by atoms with Crippen molar-refractivity contribution in [3.8, 4) is 22.9 Å². The molecule has 0 aliphatic rings. The van der Waals surface area contributed by atoms with Crippen LogP contribution in [0.3, 0.4) is 0 Å². The highest BCUT2D eigenvalue weighted by Crippen LogP contribution is 2.37. The molecule has 11 heteroatoms. The van der Waals surface area contributed by atoms with Crippen molar-refractivity contribution in [3.63, 3.8) is 0 Å². The Balaban J connectivity index is 1.61. The molecule has 0 saturated carbocycles. The van der Waals surface area contributed by atoms with Crippen molar-refractivity contribution in [1.82, 2.24) is 19.7 Å². The fraction of sp³-hybridized carbons (Fsp3) is 0.207. The van der Waals surface area contributed by atoms with Gasteiger partial charge in [0.05, 0.1) is 24.3 Å². The van der Waals surface area contributed by atoms with Crippen molar-refractivity contribution in [2.24, 2.45) is 0 Å². The molecule has 0 bridgehead atoms. The molecule has 2 heterocycles. The standard InChI is InChI=1S/C29H28N6O5/c1-16(36)39-25-13-21-22(14-24(25)38-5)33-26(17-7-6-8-19(30)11-17)34-27(21)32-20-9-10-23-18(12-20)15-31-35(23)28(37)40-29(2,3)4/h6-15H,30H2,1-5H3,(H,32,33,34). The van der Waals surface area contributed by atoms with Gasteiger partial charge in [0, 0.05) is 40.7 Å². The molecule has 2 aromatic heterocycles. The lowest BCUT2D eigenvalue weighted by Gasteiger charge is -2.19. The van der Waals surface area contributed by atoms with Crippen LogP contribution in [0.4, 0.5) is 22.0 Å². The fourth-order valence-corrected chi connectivity index (χ4v) is 4.13. The van der Waals surface area contributed by atoms with E-state index in [0.29, 0.717) is 50.6 Å². The van der Waals surface area contributed by atoms with Crippen molar-refractivity contribution in [1.29, 1.82) is 0 Å². The van der Waals surface area contributed by atoms with Crippen LogP contribution in [0.15, 0.2) is 60.8 Å². The van der Waals surface area contributed by atoms with Crippen LogP contribution in [-0.4, -0.2) is 44.5 Å². The molecule has 11 nitrogen and oxygen atoms in total. The summed E-state index contributed by atoms with van der Waals surface area (Å²) in [7, 11) is 1.49. The number of nitrogens with one attached hydrogen (secondary N) is 1. The Labute approximate surface area is 229 Å². The van der Waals surface area contributed by atoms with Gasteiger partial charge in [0.25, 0.3) is 0 Å². The fourth-order valence-electron chi connectivity index (χ4n) is 4.13. The van der Waals surface area contributed by atoms with Crippen LogP contribution in [-0.2, 0) is 9.53 Å². The van der Waals surface area contributed by atoms with Gasteiger partial charge in [-0.25, -0.2) is 14.8 Å². The number of rotatable bonds is 5. The maximum atomic E-state index is 12.6. The van der Waals surface area contributed by atoms with Crippen molar-refractivity contribution in [3.05, 3.63) is 60.8 Å². The summed E-state index contributed by atoms with van der Waals surface area (Å²) in [5.74, 6) is 0.986. The zero-order valence-corrected chi connectivity index (χ0v) is 22.7. The number of nitrogens with zero attached hydrogens (tertiary/aromatic N) is 4. The van der Waals surface area contributed by atoms with Gasteiger partial charge >= 0.3 is 12.1 Å². The number of methoxy groups -OCH3 is 1. The highest BCUT2D eigenvalue weighted by molar-refractivity contribution is 5.96. The number of esters is 1. The Morgan fingerprint density at radius 3 is 2.50 bits per heavy atom. The predicted molar refractivity (Wildman–Crippen MR) is 152 cm³/mol. The number of carbonyl (C=O) groups excluding carboxylic acids is 2. The molecule has 0 saturated heterocycles. The lowest BCUT2D eigenvalue weighted by molar-refractivity contribution is -0.132. The zero-order valence-electron chi connectivity index (χ0n) is 22.7. The smallest absolute Gasteiger partial charge is 0.435 e. The molecule has 0 unspecified atom stereocenters. The quantitative estimate of drug-likeness (QED) is 0.162. The maximum Gasteiger partial charge on any atom is 0.435 e. The van der Waals surface area contributed by atoms with Gasteiger partial charge in [-0.2, -0.15) is 9.78 Å². The minimum atomic E-state index is -0.653. The Bertz CT molecular complexity index is 1770. The summed E-state index contributed by atoms with van der Waals surface area (Å²) in [6.07, 6.45) is 1.02. The van der Waals surface area contributed by atoms with Crippen molar-refractivity contribution >= 4 is 51.1 Å². The second-order valence-electron chi connectivity index (χ2n) is 10.1. The molecule has 0 atom stereocenters. The van der Waals surface area contributed by atoms with Gasteiger partial charge in [0.15, 0.2) is 17.3 Å². The molecule has 3 N–H and O–H groups in total. The molecule has 40 heavy (non-hydrogen) atoms. The number of aromatic nitrogens is 4. The number of hydrogen-bond donors (Lipinski definition) is 2. The molecule has 0 aliphatic carbocycles. The van der Waals surface area contributed by atoms with Crippen LogP contribution < -0.4 is 20.5 Å². The number of nitrogen functional groups attached to an aromatic ring is 1. The third-order valence-corrected chi connectivity index (χ3v) is 5.78. The molecule has 5 rings (SSSR count). The topological polar surface area (TPSA) is 143 Å². The first-order valence-electron chi connectivity index (χ1n) is 12.4. The number of hydrogen-bond acceptors (Lipinski definition) is 10. The van der Waals surface area contributed by atoms with Gasteiger partial charge in [-0.3, -0.25) is 4.79 Å². The lowest BCUT2D eigenvalue weighted by Crippen LogP contribution is -2.27. The van der Waals surface area contributed by atoms with E-state index in [9.17, 15) is 9.59 Å². The first kappa shape index (κ1) is 26.4. The minimum absolute atomic E-state index is 0.236. The van der Waals surface area contributed by atoms with Crippen LogP contribution >= 0.6 is 0 Å². The molecule has 0 aliphatic heterocycles. The molecule has 3 aromatic carbocycles. The molecule has 0 amide bonds. The number of benzene rings is 3. The Morgan fingerprint density at radius 1 is 1.00 bits per heavy atom. The largest absolute Gasteiger partial charge is 0.493 e. The van der Waals surface area contributed by atoms with Gasteiger partial charge in [0.2, 0.25) is 0 Å². The van der Waals surface area contributed by atoms with Gasteiger partial charge < -0.3 is 25.3 Å². The zero-order chi connectivity index (χ0) is 28.6. The summed E-state index contributed by atoms with van der Waals surface area (Å²) in [4.78, 5) is 33.9. The van der Waals surface area contributed by atoms with E-state index in [1.165, 1.54) is 18.7 Å².